The van der Waals surface area contributed by atoms with Crippen LogP contribution in [-0.4, -0.2) is 15.5 Å². The largest absolute Gasteiger partial charge is 0.459 e. The molecule has 0 radical (unpaired) electrons. The molecule has 0 N–H and O–H groups in total. The van der Waals surface area contributed by atoms with Crippen molar-refractivity contribution in [2.45, 2.75) is 33.4 Å². The highest BCUT2D eigenvalue weighted by Crippen LogP contribution is 2.35. The first-order valence-corrected chi connectivity index (χ1v) is 11.0. The Morgan fingerprint density at radius 2 is 1.87 bits per heavy atom. The number of aromatic nitrogens is 2. The van der Waals surface area contributed by atoms with Gasteiger partial charge in [0.05, 0.1) is 11.7 Å². The van der Waals surface area contributed by atoms with Crippen molar-refractivity contribution in [2.24, 2.45) is 0 Å². The smallest absolute Gasteiger partial charge is 0.329 e. The highest BCUT2D eigenvalue weighted by atomic mass is 35.5. The SMILES string of the molecule is Cc1ccc(-c2c(C)sc3ncn(C(C)C(=O)OCc4ccccc4Cl)c(=O)c23)cc1. The molecule has 2 aromatic carbocycles. The van der Waals surface area contributed by atoms with E-state index in [1.807, 2.05) is 50.2 Å². The van der Waals surface area contributed by atoms with Crippen molar-refractivity contribution >= 4 is 39.1 Å². The summed E-state index contributed by atoms with van der Waals surface area (Å²) in [7, 11) is 0. The number of hydrogen-bond acceptors (Lipinski definition) is 5. The van der Waals surface area contributed by atoms with Gasteiger partial charge >= 0.3 is 5.97 Å². The number of aryl methyl sites for hydroxylation is 2. The zero-order chi connectivity index (χ0) is 22.1. The van der Waals surface area contributed by atoms with Crippen molar-refractivity contribution in [2.75, 3.05) is 0 Å². The molecule has 4 rings (SSSR count). The highest BCUT2D eigenvalue weighted by Gasteiger charge is 2.23. The number of carbonyl (C=O) groups is 1. The normalized spacial score (nSPS) is 12.1. The highest BCUT2D eigenvalue weighted by molar-refractivity contribution is 7.19. The van der Waals surface area contributed by atoms with Crippen LogP contribution in [0.4, 0.5) is 0 Å². The van der Waals surface area contributed by atoms with Crippen molar-refractivity contribution in [1.29, 1.82) is 0 Å². The van der Waals surface area contributed by atoms with Crippen LogP contribution >= 0.6 is 22.9 Å². The van der Waals surface area contributed by atoms with Gasteiger partial charge in [0.15, 0.2) is 0 Å². The number of ether oxygens (including phenoxy) is 1. The molecular formula is C24H21ClN2O3S. The zero-order valence-corrected chi connectivity index (χ0v) is 19.0. The van der Waals surface area contributed by atoms with Crippen molar-refractivity contribution in [1.82, 2.24) is 9.55 Å². The molecule has 2 heterocycles. The molecule has 4 aromatic rings. The molecule has 0 spiro atoms. The molecule has 0 aliphatic rings. The Morgan fingerprint density at radius 3 is 2.58 bits per heavy atom. The summed E-state index contributed by atoms with van der Waals surface area (Å²) < 4.78 is 6.75. The number of benzene rings is 2. The fourth-order valence-corrected chi connectivity index (χ4v) is 4.65. The Morgan fingerprint density at radius 1 is 1.16 bits per heavy atom. The lowest BCUT2D eigenvalue weighted by Crippen LogP contribution is -2.29. The molecule has 0 saturated carbocycles. The minimum Gasteiger partial charge on any atom is -0.459 e. The summed E-state index contributed by atoms with van der Waals surface area (Å²) in [5.74, 6) is -0.521. The van der Waals surface area contributed by atoms with Gasteiger partial charge < -0.3 is 4.74 Å². The van der Waals surface area contributed by atoms with Crippen LogP contribution in [0.15, 0.2) is 59.7 Å². The van der Waals surface area contributed by atoms with Gasteiger partial charge in [-0.3, -0.25) is 9.36 Å². The summed E-state index contributed by atoms with van der Waals surface area (Å²) in [5.41, 5.74) is 3.42. The second-order valence-electron chi connectivity index (χ2n) is 7.41. The third-order valence-corrected chi connectivity index (χ3v) is 6.62. The third kappa shape index (κ3) is 4.13. The maximum Gasteiger partial charge on any atom is 0.329 e. The third-order valence-electron chi connectivity index (χ3n) is 5.24. The van der Waals surface area contributed by atoms with Crippen molar-refractivity contribution in [3.63, 3.8) is 0 Å². The number of fused-ring (bicyclic) bond motifs is 1. The van der Waals surface area contributed by atoms with Crippen molar-refractivity contribution < 1.29 is 9.53 Å². The summed E-state index contributed by atoms with van der Waals surface area (Å²) in [6, 6.07) is 14.4. The van der Waals surface area contributed by atoms with Crippen molar-refractivity contribution in [3.05, 3.63) is 86.2 Å². The van der Waals surface area contributed by atoms with Gasteiger partial charge in [0, 0.05) is 21.0 Å². The van der Waals surface area contributed by atoms with Gasteiger partial charge in [0.1, 0.15) is 17.5 Å². The minimum absolute atomic E-state index is 0.0411. The monoisotopic (exact) mass is 452 g/mol. The maximum absolute atomic E-state index is 13.4. The van der Waals surface area contributed by atoms with Gasteiger partial charge in [-0.15, -0.1) is 11.3 Å². The van der Waals surface area contributed by atoms with E-state index < -0.39 is 12.0 Å². The van der Waals surface area contributed by atoms with Gasteiger partial charge in [-0.05, 0) is 32.4 Å². The van der Waals surface area contributed by atoms with E-state index in [9.17, 15) is 9.59 Å². The molecule has 0 fully saturated rings. The molecule has 5 nitrogen and oxygen atoms in total. The van der Waals surface area contributed by atoms with Crippen LogP contribution in [0.3, 0.4) is 0 Å². The number of esters is 1. The number of carbonyl (C=O) groups excluding carboxylic acids is 1. The van der Waals surface area contributed by atoms with E-state index in [4.69, 9.17) is 16.3 Å². The van der Waals surface area contributed by atoms with Crippen LogP contribution in [0.5, 0.6) is 0 Å². The molecule has 2 aromatic heterocycles. The van der Waals surface area contributed by atoms with Crippen molar-refractivity contribution in [3.8, 4) is 11.1 Å². The van der Waals surface area contributed by atoms with E-state index in [-0.39, 0.29) is 12.2 Å². The molecular weight excluding hydrogens is 432 g/mol. The molecule has 0 amide bonds. The number of nitrogens with zero attached hydrogens (tertiary/aromatic N) is 2. The zero-order valence-electron chi connectivity index (χ0n) is 17.4. The van der Waals surface area contributed by atoms with Gasteiger partial charge in [-0.2, -0.15) is 0 Å². The van der Waals surface area contributed by atoms with Gasteiger partial charge in [-0.1, -0.05) is 59.6 Å². The second-order valence-corrected chi connectivity index (χ2v) is 9.02. The average Bonchev–Trinajstić information content (AvgIpc) is 3.10. The maximum atomic E-state index is 13.4. The Kier molecular flexibility index (Phi) is 5.94. The average molecular weight is 453 g/mol. The lowest BCUT2D eigenvalue weighted by Gasteiger charge is -2.15. The Bertz CT molecular complexity index is 1330. The summed E-state index contributed by atoms with van der Waals surface area (Å²) >= 11 is 7.60. The predicted octanol–water partition coefficient (Wildman–Crippen LogP) is 5.70. The molecule has 7 heteroatoms. The van der Waals surface area contributed by atoms with Crippen LogP contribution in [0.25, 0.3) is 21.3 Å². The molecule has 1 unspecified atom stereocenters. The predicted molar refractivity (Wildman–Crippen MR) is 125 cm³/mol. The first-order valence-electron chi connectivity index (χ1n) is 9.84. The first-order chi connectivity index (χ1) is 14.9. The molecule has 31 heavy (non-hydrogen) atoms. The van der Waals surface area contributed by atoms with E-state index >= 15 is 0 Å². The standard InChI is InChI=1S/C24H21ClN2O3S/c1-14-8-10-17(11-9-14)20-16(3)31-22-21(20)23(28)27(13-26-22)15(2)24(29)30-12-18-6-4-5-7-19(18)25/h4-11,13,15H,12H2,1-3H3. The Balaban J connectivity index is 1.68. The lowest BCUT2D eigenvalue weighted by atomic mass is 10.0. The summed E-state index contributed by atoms with van der Waals surface area (Å²) in [6.07, 6.45) is 1.42. The molecule has 1 atom stereocenters. The fourth-order valence-electron chi connectivity index (χ4n) is 3.46. The van der Waals surface area contributed by atoms with Crippen LogP contribution in [0, 0.1) is 13.8 Å². The van der Waals surface area contributed by atoms with E-state index in [1.165, 1.54) is 22.2 Å². The lowest BCUT2D eigenvalue weighted by molar-refractivity contribution is -0.148. The number of thiophene rings is 1. The van der Waals surface area contributed by atoms with E-state index in [0.717, 1.165) is 21.6 Å². The van der Waals surface area contributed by atoms with E-state index in [2.05, 4.69) is 4.98 Å². The van der Waals surface area contributed by atoms with E-state index in [0.29, 0.717) is 20.8 Å². The summed E-state index contributed by atoms with van der Waals surface area (Å²) in [4.78, 5) is 32.2. The Labute approximate surface area is 188 Å². The van der Waals surface area contributed by atoms with Gasteiger partial charge in [-0.25, -0.2) is 9.78 Å². The van der Waals surface area contributed by atoms with Crippen LogP contribution in [0.1, 0.15) is 29.0 Å². The second kappa shape index (κ2) is 8.65. The number of halogens is 1. The topological polar surface area (TPSA) is 61.2 Å². The van der Waals surface area contributed by atoms with Crippen LogP contribution in [0.2, 0.25) is 5.02 Å². The molecule has 0 saturated heterocycles. The van der Waals surface area contributed by atoms with Gasteiger partial charge in [0.2, 0.25) is 0 Å². The molecule has 158 valence electrons. The van der Waals surface area contributed by atoms with Crippen LogP contribution < -0.4 is 5.56 Å². The minimum atomic E-state index is -0.821. The molecule has 0 bridgehead atoms. The summed E-state index contributed by atoms with van der Waals surface area (Å²) in [6.45, 7) is 5.67. The quantitative estimate of drug-likeness (QED) is 0.364. The Hall–Kier alpha value is -2.96. The number of hydrogen-bond donors (Lipinski definition) is 0. The number of rotatable bonds is 5. The molecule has 0 aliphatic carbocycles. The fraction of sp³-hybridized carbons (Fsp3) is 0.208. The first kappa shape index (κ1) is 21.3. The molecule has 0 aliphatic heterocycles. The van der Waals surface area contributed by atoms with E-state index in [1.54, 1.807) is 19.1 Å². The summed E-state index contributed by atoms with van der Waals surface area (Å²) in [5, 5.41) is 1.05. The van der Waals surface area contributed by atoms with Gasteiger partial charge in [0.25, 0.3) is 5.56 Å². The van der Waals surface area contributed by atoms with Crippen LogP contribution in [-0.2, 0) is 16.1 Å².